The molecule has 0 aliphatic carbocycles. The Morgan fingerprint density at radius 3 is 1.96 bits per heavy atom. The van der Waals surface area contributed by atoms with Crippen molar-refractivity contribution in [3.8, 4) is 0 Å². The topological polar surface area (TPSA) is 228 Å². The zero-order valence-electron chi connectivity index (χ0n) is 14.8. The third-order valence-corrected chi connectivity index (χ3v) is 3.61. The summed E-state index contributed by atoms with van der Waals surface area (Å²) in [6.45, 7) is 0.362. The summed E-state index contributed by atoms with van der Waals surface area (Å²) in [6.07, 6.45) is 0.0940. The number of nitrogens with two attached hydrogens (primary N) is 3. The molecule has 0 aromatic rings. The van der Waals surface area contributed by atoms with Gasteiger partial charge in [0.2, 0.25) is 17.7 Å². The molecule has 3 atom stereocenters. The van der Waals surface area contributed by atoms with E-state index in [9.17, 15) is 24.0 Å². The first-order valence-electron chi connectivity index (χ1n) is 8.37. The number of hydrogen-bond donors (Lipinski definition) is 7. The molecule has 12 nitrogen and oxygen atoms in total. The Bertz CT molecular complexity index is 555. The molecule has 0 aromatic carbocycles. The number of carbonyl (C=O) groups is 5. The Morgan fingerprint density at radius 2 is 1.48 bits per heavy atom. The van der Waals surface area contributed by atoms with Gasteiger partial charge in [0.1, 0.15) is 12.1 Å². The Morgan fingerprint density at radius 1 is 0.889 bits per heavy atom. The van der Waals surface area contributed by atoms with Gasteiger partial charge in [0.25, 0.3) is 0 Å². The van der Waals surface area contributed by atoms with E-state index in [2.05, 4.69) is 10.6 Å². The number of amides is 3. The fourth-order valence-electron chi connectivity index (χ4n) is 2.11. The van der Waals surface area contributed by atoms with Gasteiger partial charge in [-0.25, -0.2) is 4.79 Å². The van der Waals surface area contributed by atoms with Crippen LogP contribution in [0.25, 0.3) is 0 Å². The predicted octanol–water partition coefficient (Wildman–Crippen LogP) is -2.76. The number of rotatable bonds is 14. The van der Waals surface area contributed by atoms with Crippen LogP contribution in [-0.2, 0) is 24.0 Å². The monoisotopic (exact) mass is 389 g/mol. The standard InChI is InChI=1S/C15H27N5O7/c16-6-2-1-3-9(15(26)27)19-14(25)10(7-12(22)23)20-13(24)8(17)4-5-11(18)21/h8-10H,1-7,16-17H2,(H2,18,21)(H,19,25)(H,20,24)(H,22,23)(H,26,27)/t8-,9-,10-/m0/s1. The minimum Gasteiger partial charge on any atom is -0.481 e. The summed E-state index contributed by atoms with van der Waals surface area (Å²) >= 11 is 0. The van der Waals surface area contributed by atoms with Crippen LogP contribution in [0.5, 0.6) is 0 Å². The molecule has 0 saturated heterocycles. The van der Waals surface area contributed by atoms with Crippen molar-refractivity contribution in [2.75, 3.05) is 6.54 Å². The molecule has 0 spiro atoms. The molecule has 0 fully saturated rings. The lowest BCUT2D eigenvalue weighted by atomic mass is 10.1. The van der Waals surface area contributed by atoms with E-state index in [1.165, 1.54) is 0 Å². The van der Waals surface area contributed by atoms with Gasteiger partial charge in [-0.2, -0.15) is 0 Å². The molecule has 12 heteroatoms. The Labute approximate surface area is 155 Å². The minimum absolute atomic E-state index is 0.0839. The molecule has 0 aliphatic rings. The predicted molar refractivity (Wildman–Crippen MR) is 93.1 cm³/mol. The number of unbranched alkanes of at least 4 members (excludes halogenated alkanes) is 1. The Hall–Kier alpha value is -2.73. The second kappa shape index (κ2) is 12.6. The number of primary amides is 1. The smallest absolute Gasteiger partial charge is 0.326 e. The third-order valence-electron chi connectivity index (χ3n) is 3.61. The molecule has 0 bridgehead atoms. The van der Waals surface area contributed by atoms with Crippen molar-refractivity contribution in [2.45, 2.75) is 56.7 Å². The van der Waals surface area contributed by atoms with Crippen molar-refractivity contribution in [1.82, 2.24) is 10.6 Å². The number of carboxylic acid groups (broad SMARTS) is 2. The van der Waals surface area contributed by atoms with E-state index in [1.807, 2.05) is 0 Å². The maximum absolute atomic E-state index is 12.3. The molecule has 0 radical (unpaired) electrons. The van der Waals surface area contributed by atoms with Gasteiger partial charge in [0.15, 0.2) is 0 Å². The van der Waals surface area contributed by atoms with Crippen LogP contribution in [0.1, 0.15) is 38.5 Å². The first kappa shape index (κ1) is 24.3. The largest absolute Gasteiger partial charge is 0.481 e. The fourth-order valence-corrected chi connectivity index (χ4v) is 2.11. The van der Waals surface area contributed by atoms with Crippen LogP contribution in [0.15, 0.2) is 0 Å². The zero-order chi connectivity index (χ0) is 21.0. The first-order valence-corrected chi connectivity index (χ1v) is 8.37. The summed E-state index contributed by atoms with van der Waals surface area (Å²) in [5.41, 5.74) is 15.9. The first-order chi connectivity index (χ1) is 12.6. The SMILES string of the molecule is NCCCC[C@H](NC(=O)[C@H](CC(=O)O)NC(=O)[C@@H](N)CCC(N)=O)C(=O)O. The van der Waals surface area contributed by atoms with Crippen molar-refractivity contribution < 1.29 is 34.2 Å². The summed E-state index contributed by atoms with van der Waals surface area (Å²) in [4.78, 5) is 57.2. The van der Waals surface area contributed by atoms with Gasteiger partial charge in [-0.1, -0.05) is 0 Å². The summed E-state index contributed by atoms with van der Waals surface area (Å²) in [6, 6.07) is -3.95. The van der Waals surface area contributed by atoms with E-state index in [0.717, 1.165) is 0 Å². The lowest BCUT2D eigenvalue weighted by Gasteiger charge is -2.21. The van der Waals surface area contributed by atoms with Crippen LogP contribution < -0.4 is 27.8 Å². The van der Waals surface area contributed by atoms with Gasteiger partial charge >= 0.3 is 11.9 Å². The number of carboxylic acids is 2. The fraction of sp³-hybridized carbons (Fsp3) is 0.667. The lowest BCUT2D eigenvalue weighted by Crippen LogP contribution is -2.55. The second-order valence-corrected chi connectivity index (χ2v) is 5.95. The molecule has 0 aromatic heterocycles. The summed E-state index contributed by atoms with van der Waals surface area (Å²) in [5.74, 6) is -5.16. The summed E-state index contributed by atoms with van der Waals surface area (Å²) < 4.78 is 0. The van der Waals surface area contributed by atoms with E-state index in [0.29, 0.717) is 19.4 Å². The maximum atomic E-state index is 12.3. The third kappa shape index (κ3) is 10.8. The van der Waals surface area contributed by atoms with Gasteiger partial charge in [-0.05, 0) is 32.2 Å². The van der Waals surface area contributed by atoms with Crippen LogP contribution in [0.3, 0.4) is 0 Å². The van der Waals surface area contributed by atoms with Crippen molar-refractivity contribution in [3.05, 3.63) is 0 Å². The Kier molecular flexibility index (Phi) is 11.3. The zero-order valence-corrected chi connectivity index (χ0v) is 14.8. The van der Waals surface area contributed by atoms with Crippen LogP contribution in [0.4, 0.5) is 0 Å². The highest BCUT2D eigenvalue weighted by atomic mass is 16.4. The molecule has 3 amide bonds. The van der Waals surface area contributed by atoms with Crippen molar-refractivity contribution in [2.24, 2.45) is 17.2 Å². The molecule has 0 saturated carbocycles. The molecule has 0 unspecified atom stereocenters. The lowest BCUT2D eigenvalue weighted by molar-refractivity contribution is -0.143. The maximum Gasteiger partial charge on any atom is 0.326 e. The van der Waals surface area contributed by atoms with E-state index >= 15 is 0 Å². The Balaban J connectivity index is 4.96. The van der Waals surface area contributed by atoms with Crippen molar-refractivity contribution >= 4 is 29.7 Å². The molecule has 154 valence electrons. The van der Waals surface area contributed by atoms with E-state index < -0.39 is 54.2 Å². The second-order valence-electron chi connectivity index (χ2n) is 5.95. The molecule has 0 rings (SSSR count). The van der Waals surface area contributed by atoms with Crippen LogP contribution in [0.2, 0.25) is 0 Å². The number of hydrogen-bond acceptors (Lipinski definition) is 7. The van der Waals surface area contributed by atoms with Crippen LogP contribution >= 0.6 is 0 Å². The van der Waals surface area contributed by atoms with Crippen molar-refractivity contribution in [3.63, 3.8) is 0 Å². The normalized spacial score (nSPS) is 13.9. The molecule has 10 N–H and O–H groups in total. The quantitative estimate of drug-likeness (QED) is 0.152. The van der Waals surface area contributed by atoms with E-state index in [4.69, 9.17) is 27.4 Å². The number of carbonyl (C=O) groups excluding carboxylic acids is 3. The van der Waals surface area contributed by atoms with Gasteiger partial charge in [-0.15, -0.1) is 0 Å². The van der Waals surface area contributed by atoms with Crippen molar-refractivity contribution in [1.29, 1.82) is 0 Å². The highest BCUT2D eigenvalue weighted by Crippen LogP contribution is 2.04. The number of aliphatic carboxylic acids is 2. The highest BCUT2D eigenvalue weighted by molar-refractivity contribution is 5.94. The van der Waals surface area contributed by atoms with Gasteiger partial charge in [0.05, 0.1) is 12.5 Å². The molecular formula is C15H27N5O7. The van der Waals surface area contributed by atoms with Crippen LogP contribution in [-0.4, -0.2) is 64.5 Å². The van der Waals surface area contributed by atoms with Gasteiger partial charge in [-0.3, -0.25) is 19.2 Å². The molecular weight excluding hydrogens is 362 g/mol. The van der Waals surface area contributed by atoms with E-state index in [-0.39, 0.29) is 19.3 Å². The highest BCUT2D eigenvalue weighted by Gasteiger charge is 2.29. The van der Waals surface area contributed by atoms with Gasteiger partial charge in [0, 0.05) is 6.42 Å². The van der Waals surface area contributed by atoms with Crippen LogP contribution in [0, 0.1) is 0 Å². The molecule has 0 heterocycles. The minimum atomic E-state index is -1.52. The average Bonchev–Trinajstić information content (AvgIpc) is 2.57. The summed E-state index contributed by atoms with van der Waals surface area (Å²) in [5, 5.41) is 22.5. The molecule has 27 heavy (non-hydrogen) atoms. The van der Waals surface area contributed by atoms with Gasteiger partial charge < -0.3 is 38.0 Å². The van der Waals surface area contributed by atoms with E-state index in [1.54, 1.807) is 0 Å². The molecule has 0 aliphatic heterocycles. The average molecular weight is 389 g/mol. The summed E-state index contributed by atoms with van der Waals surface area (Å²) in [7, 11) is 0. The number of nitrogens with one attached hydrogen (secondary N) is 2.